The molecule has 0 fully saturated rings. The van der Waals surface area contributed by atoms with Gasteiger partial charge in [-0.1, -0.05) is 17.7 Å². The van der Waals surface area contributed by atoms with E-state index in [0.717, 1.165) is 16.7 Å². The van der Waals surface area contributed by atoms with Crippen molar-refractivity contribution in [2.45, 2.75) is 33.2 Å². The number of ether oxygens (including phenoxy) is 1. The smallest absolute Gasteiger partial charge is 0.326 e. The van der Waals surface area contributed by atoms with Crippen molar-refractivity contribution in [3.05, 3.63) is 28.8 Å². The molecule has 0 saturated heterocycles. The SMILES string of the molecule is Cc1cc(C)c(OCC(=O)NC(CCO)C(=O)O)c(C)c1. The summed E-state index contributed by atoms with van der Waals surface area (Å²) in [4.78, 5) is 22.6. The highest BCUT2D eigenvalue weighted by molar-refractivity contribution is 5.84. The van der Waals surface area contributed by atoms with E-state index in [4.69, 9.17) is 14.9 Å². The Balaban J connectivity index is 2.63. The van der Waals surface area contributed by atoms with E-state index < -0.39 is 17.9 Å². The number of aryl methyl sites for hydroxylation is 3. The van der Waals surface area contributed by atoms with E-state index in [-0.39, 0.29) is 19.6 Å². The van der Waals surface area contributed by atoms with E-state index in [0.29, 0.717) is 5.75 Å². The summed E-state index contributed by atoms with van der Waals surface area (Å²) in [6.07, 6.45) is -0.0380. The van der Waals surface area contributed by atoms with Crippen LogP contribution in [0.15, 0.2) is 12.1 Å². The number of aliphatic carboxylic acids is 1. The van der Waals surface area contributed by atoms with E-state index >= 15 is 0 Å². The summed E-state index contributed by atoms with van der Waals surface area (Å²) in [6, 6.07) is 2.80. The minimum atomic E-state index is -1.18. The lowest BCUT2D eigenvalue weighted by molar-refractivity contribution is -0.142. The largest absolute Gasteiger partial charge is 0.483 e. The van der Waals surface area contributed by atoms with Crippen molar-refractivity contribution in [2.24, 2.45) is 0 Å². The summed E-state index contributed by atoms with van der Waals surface area (Å²) >= 11 is 0. The van der Waals surface area contributed by atoms with Gasteiger partial charge in [-0.3, -0.25) is 4.79 Å². The van der Waals surface area contributed by atoms with Crippen LogP contribution in [0.1, 0.15) is 23.1 Å². The van der Waals surface area contributed by atoms with Crippen LogP contribution in [-0.2, 0) is 9.59 Å². The second-order valence-corrected chi connectivity index (χ2v) is 4.99. The maximum absolute atomic E-state index is 11.7. The number of aliphatic hydroxyl groups excluding tert-OH is 1. The van der Waals surface area contributed by atoms with Gasteiger partial charge in [0.25, 0.3) is 5.91 Å². The molecule has 0 saturated carbocycles. The Bertz CT molecular complexity index is 504. The molecule has 6 heteroatoms. The predicted octanol–water partition coefficient (Wildman–Crippen LogP) is 0.942. The first-order chi connectivity index (χ1) is 9.85. The molecule has 0 aromatic heterocycles. The fourth-order valence-corrected chi connectivity index (χ4v) is 2.15. The zero-order chi connectivity index (χ0) is 16.0. The van der Waals surface area contributed by atoms with Gasteiger partial charge in [-0.15, -0.1) is 0 Å². The Kier molecular flexibility index (Phi) is 6.17. The van der Waals surface area contributed by atoms with Gasteiger partial charge in [0.15, 0.2) is 6.61 Å². The fourth-order valence-electron chi connectivity index (χ4n) is 2.15. The molecule has 0 aliphatic carbocycles. The van der Waals surface area contributed by atoms with Crippen LogP contribution in [0.2, 0.25) is 0 Å². The molecule has 116 valence electrons. The highest BCUT2D eigenvalue weighted by Crippen LogP contribution is 2.24. The Morgan fingerprint density at radius 3 is 2.29 bits per heavy atom. The number of carbonyl (C=O) groups is 2. The molecule has 3 N–H and O–H groups in total. The van der Waals surface area contributed by atoms with E-state index in [1.54, 1.807) is 0 Å². The van der Waals surface area contributed by atoms with Gasteiger partial charge in [0.1, 0.15) is 11.8 Å². The highest BCUT2D eigenvalue weighted by Gasteiger charge is 2.19. The number of aliphatic hydroxyl groups is 1. The van der Waals surface area contributed by atoms with Gasteiger partial charge in [-0.05, 0) is 31.9 Å². The summed E-state index contributed by atoms with van der Waals surface area (Å²) in [5.41, 5.74) is 2.95. The third kappa shape index (κ3) is 5.07. The van der Waals surface area contributed by atoms with Gasteiger partial charge < -0.3 is 20.3 Å². The van der Waals surface area contributed by atoms with Crippen molar-refractivity contribution in [3.8, 4) is 5.75 Å². The van der Waals surface area contributed by atoms with Crippen LogP contribution in [0.5, 0.6) is 5.75 Å². The predicted molar refractivity (Wildman–Crippen MR) is 77.4 cm³/mol. The Morgan fingerprint density at radius 1 is 1.24 bits per heavy atom. The highest BCUT2D eigenvalue weighted by atomic mass is 16.5. The Hall–Kier alpha value is -2.08. The summed E-state index contributed by atoms with van der Waals surface area (Å²) in [5.74, 6) is -1.08. The summed E-state index contributed by atoms with van der Waals surface area (Å²) in [5, 5.41) is 20.0. The van der Waals surface area contributed by atoms with Crippen molar-refractivity contribution < 1.29 is 24.5 Å². The summed E-state index contributed by atoms with van der Waals surface area (Å²) < 4.78 is 5.48. The first-order valence-corrected chi connectivity index (χ1v) is 6.68. The van der Waals surface area contributed by atoms with Crippen LogP contribution < -0.4 is 10.1 Å². The van der Waals surface area contributed by atoms with Crippen LogP contribution >= 0.6 is 0 Å². The zero-order valence-electron chi connectivity index (χ0n) is 12.5. The van der Waals surface area contributed by atoms with Crippen LogP contribution in [0, 0.1) is 20.8 Å². The minimum absolute atomic E-state index is 0.0380. The van der Waals surface area contributed by atoms with Gasteiger partial charge in [-0.25, -0.2) is 4.79 Å². The molecule has 0 spiro atoms. The third-order valence-corrected chi connectivity index (χ3v) is 3.00. The standard InChI is InChI=1S/C15H21NO5/c1-9-6-10(2)14(11(3)7-9)21-8-13(18)16-12(4-5-17)15(19)20/h6-7,12,17H,4-5,8H2,1-3H3,(H,16,18)(H,19,20). The van der Waals surface area contributed by atoms with Crippen molar-refractivity contribution in [2.75, 3.05) is 13.2 Å². The van der Waals surface area contributed by atoms with Gasteiger partial charge in [0.2, 0.25) is 0 Å². The quantitative estimate of drug-likeness (QED) is 0.696. The third-order valence-electron chi connectivity index (χ3n) is 3.00. The number of rotatable bonds is 7. The number of nitrogens with one attached hydrogen (secondary N) is 1. The molecule has 0 aliphatic rings. The average molecular weight is 295 g/mol. The molecular weight excluding hydrogens is 274 g/mol. The monoisotopic (exact) mass is 295 g/mol. The molecule has 0 heterocycles. The molecule has 0 radical (unpaired) electrons. The van der Waals surface area contributed by atoms with Crippen LogP contribution in [0.4, 0.5) is 0 Å². The van der Waals surface area contributed by atoms with Crippen LogP contribution in [0.3, 0.4) is 0 Å². The number of benzene rings is 1. The number of carboxylic acids is 1. The number of hydrogen-bond donors (Lipinski definition) is 3. The van der Waals surface area contributed by atoms with Gasteiger partial charge in [0.05, 0.1) is 0 Å². The normalized spacial score (nSPS) is 11.8. The molecular formula is C15H21NO5. The topological polar surface area (TPSA) is 95.9 Å². The van der Waals surface area contributed by atoms with Gasteiger partial charge >= 0.3 is 5.97 Å². The van der Waals surface area contributed by atoms with E-state index in [9.17, 15) is 9.59 Å². The molecule has 1 aromatic rings. The lowest BCUT2D eigenvalue weighted by atomic mass is 10.1. The molecule has 1 aromatic carbocycles. The lowest BCUT2D eigenvalue weighted by Crippen LogP contribution is -2.43. The fraction of sp³-hybridized carbons (Fsp3) is 0.467. The second-order valence-electron chi connectivity index (χ2n) is 4.99. The number of carbonyl (C=O) groups excluding carboxylic acids is 1. The molecule has 0 bridgehead atoms. The minimum Gasteiger partial charge on any atom is -0.483 e. The maximum atomic E-state index is 11.7. The molecule has 1 rings (SSSR count). The maximum Gasteiger partial charge on any atom is 0.326 e. The summed E-state index contributed by atoms with van der Waals surface area (Å²) in [7, 11) is 0. The Morgan fingerprint density at radius 2 is 1.81 bits per heavy atom. The van der Waals surface area contributed by atoms with E-state index in [1.165, 1.54) is 0 Å². The summed E-state index contributed by atoms with van der Waals surface area (Å²) in [6.45, 7) is 5.18. The van der Waals surface area contributed by atoms with Crippen molar-refractivity contribution in [3.63, 3.8) is 0 Å². The first kappa shape index (κ1) is 17.0. The molecule has 1 amide bonds. The van der Waals surface area contributed by atoms with Gasteiger partial charge in [0, 0.05) is 13.0 Å². The van der Waals surface area contributed by atoms with Gasteiger partial charge in [-0.2, -0.15) is 0 Å². The van der Waals surface area contributed by atoms with Crippen LogP contribution in [-0.4, -0.2) is 41.3 Å². The van der Waals surface area contributed by atoms with Crippen molar-refractivity contribution in [1.29, 1.82) is 0 Å². The molecule has 0 aliphatic heterocycles. The van der Waals surface area contributed by atoms with Crippen LogP contribution in [0.25, 0.3) is 0 Å². The number of carboxylic acid groups (broad SMARTS) is 1. The van der Waals surface area contributed by atoms with Crippen molar-refractivity contribution >= 4 is 11.9 Å². The first-order valence-electron chi connectivity index (χ1n) is 6.68. The lowest BCUT2D eigenvalue weighted by Gasteiger charge is -2.15. The average Bonchev–Trinajstić information content (AvgIpc) is 2.36. The molecule has 1 unspecified atom stereocenters. The van der Waals surface area contributed by atoms with E-state index in [1.807, 2.05) is 32.9 Å². The van der Waals surface area contributed by atoms with Crippen molar-refractivity contribution in [1.82, 2.24) is 5.32 Å². The Labute approximate surface area is 123 Å². The number of amides is 1. The molecule has 1 atom stereocenters. The second kappa shape index (κ2) is 7.64. The van der Waals surface area contributed by atoms with E-state index in [2.05, 4.69) is 5.32 Å². The number of hydrogen-bond acceptors (Lipinski definition) is 4. The molecule has 21 heavy (non-hydrogen) atoms. The molecule has 6 nitrogen and oxygen atoms in total. The zero-order valence-corrected chi connectivity index (χ0v) is 12.5.